The van der Waals surface area contributed by atoms with E-state index in [0.29, 0.717) is 43.8 Å². The molecule has 126 heavy (non-hydrogen) atoms. The molecule has 0 aliphatic carbocycles. The predicted molar refractivity (Wildman–Crippen MR) is 504 cm³/mol. The Kier molecular flexibility index (Phi) is 38.4. The molecule has 8 aliphatic rings. The van der Waals surface area contributed by atoms with Crippen molar-refractivity contribution in [1.29, 1.82) is 0 Å². The number of likely N-dealkylation sites (N-methyl/N-ethyl adjacent to an activating group) is 3. The number of carbonyl (C=O) groups excluding carboxylic acids is 1. The molecule has 1 amide bonds. The van der Waals surface area contributed by atoms with E-state index in [2.05, 4.69) is 197 Å². The van der Waals surface area contributed by atoms with E-state index >= 15 is 0 Å². The third-order valence-corrected chi connectivity index (χ3v) is 26.6. The minimum atomic E-state index is -0.494. The summed E-state index contributed by atoms with van der Waals surface area (Å²) in [6, 6.07) is 51.8. The molecular formula is C104H146N12O10. The molecule has 0 radical (unpaired) electrons. The zero-order valence-electron chi connectivity index (χ0n) is 76.7. The fourth-order valence-corrected chi connectivity index (χ4v) is 18.5. The van der Waals surface area contributed by atoms with Crippen LogP contribution in [0.25, 0.3) is 0 Å². The van der Waals surface area contributed by atoms with Gasteiger partial charge in [-0.25, -0.2) is 4.79 Å². The van der Waals surface area contributed by atoms with E-state index in [4.69, 9.17) is 42.6 Å². The van der Waals surface area contributed by atoms with Gasteiger partial charge >= 0.3 is 6.09 Å². The molecule has 682 valence electrons. The van der Waals surface area contributed by atoms with Crippen LogP contribution in [0.1, 0.15) is 171 Å². The molecule has 0 spiro atoms. The molecule has 0 bridgehead atoms. The van der Waals surface area contributed by atoms with E-state index in [1.54, 1.807) is 11.1 Å². The maximum absolute atomic E-state index is 12.5. The molecule has 8 fully saturated rings. The van der Waals surface area contributed by atoms with Crippen molar-refractivity contribution in [1.82, 2.24) is 39.5 Å². The quantitative estimate of drug-likeness (QED) is 0.0338. The van der Waals surface area contributed by atoms with E-state index < -0.39 is 5.60 Å². The van der Waals surface area contributed by atoms with Crippen molar-refractivity contribution in [2.24, 2.45) is 23.7 Å². The Bertz CT molecular complexity index is 4030. The van der Waals surface area contributed by atoms with Gasteiger partial charge in [-0.15, -0.1) is 0 Å². The van der Waals surface area contributed by atoms with Crippen molar-refractivity contribution in [2.45, 2.75) is 205 Å². The highest BCUT2D eigenvalue weighted by Gasteiger charge is 2.34. The first kappa shape index (κ1) is 94.5. The molecule has 4 aromatic carbocycles. The highest BCUT2D eigenvalue weighted by molar-refractivity contribution is 5.69. The molecule has 16 rings (SSSR count). The van der Waals surface area contributed by atoms with Crippen LogP contribution in [-0.2, 0) is 50.1 Å². The summed E-state index contributed by atoms with van der Waals surface area (Å²) < 4.78 is 53.4. The number of hydrogen-bond donors (Lipinski definition) is 0. The molecule has 0 unspecified atom stereocenters. The Labute approximate surface area is 753 Å². The number of carbonyl (C=O) groups is 1. The van der Waals surface area contributed by atoms with Gasteiger partial charge in [0.25, 0.3) is 0 Å². The van der Waals surface area contributed by atoms with Gasteiger partial charge in [0.1, 0.15) is 55.0 Å². The second-order valence-electron chi connectivity index (χ2n) is 37.1. The van der Waals surface area contributed by atoms with E-state index in [9.17, 15) is 4.79 Å². The maximum atomic E-state index is 12.5. The average Bonchev–Trinajstić information content (AvgIpc) is 0.877. The summed E-state index contributed by atoms with van der Waals surface area (Å²) in [5, 5.41) is 0. The van der Waals surface area contributed by atoms with Crippen molar-refractivity contribution in [3.63, 3.8) is 0 Å². The van der Waals surface area contributed by atoms with E-state index in [1.165, 1.54) is 136 Å². The molecule has 4 aromatic heterocycles. The van der Waals surface area contributed by atoms with Crippen LogP contribution in [0.5, 0.6) is 23.0 Å². The Morgan fingerprint density at radius 2 is 0.563 bits per heavy atom. The molecule has 8 aromatic rings. The van der Waals surface area contributed by atoms with Gasteiger partial charge in [-0.3, -0.25) is 19.9 Å². The Balaban J connectivity index is 0.000000144. The van der Waals surface area contributed by atoms with Crippen LogP contribution in [0.3, 0.4) is 0 Å². The molecule has 4 atom stereocenters. The van der Waals surface area contributed by atoms with Gasteiger partial charge in [-0.2, -0.15) is 0 Å². The number of likely N-dealkylation sites (tertiary alicyclic amines) is 4. The molecule has 22 nitrogen and oxygen atoms in total. The van der Waals surface area contributed by atoms with Crippen molar-refractivity contribution < 1.29 is 47.4 Å². The highest BCUT2D eigenvalue weighted by Crippen LogP contribution is 2.34. The summed E-state index contributed by atoms with van der Waals surface area (Å²) in [5.41, 5.74) is 9.15. The van der Waals surface area contributed by atoms with Gasteiger partial charge in [0.15, 0.2) is 0 Å². The molecule has 12 heterocycles. The summed E-state index contributed by atoms with van der Waals surface area (Å²) >= 11 is 0. The second kappa shape index (κ2) is 51.2. The van der Waals surface area contributed by atoms with Crippen LogP contribution in [0.2, 0.25) is 0 Å². The molecule has 0 N–H and O–H groups in total. The zero-order chi connectivity index (χ0) is 87.2. The highest BCUT2D eigenvalue weighted by atomic mass is 16.6. The van der Waals surface area contributed by atoms with Crippen LogP contribution in [0, 0.1) is 23.7 Å². The lowest BCUT2D eigenvalue weighted by atomic mass is 9.94. The Morgan fingerprint density at radius 1 is 0.317 bits per heavy atom. The van der Waals surface area contributed by atoms with Gasteiger partial charge in [0.2, 0.25) is 0 Å². The van der Waals surface area contributed by atoms with E-state index in [1.807, 2.05) is 88.4 Å². The summed E-state index contributed by atoms with van der Waals surface area (Å²) in [4.78, 5) is 49.0. The number of benzene rings is 4. The number of ether oxygens (including phenoxy) is 9. The van der Waals surface area contributed by atoms with Crippen LogP contribution >= 0.6 is 0 Å². The van der Waals surface area contributed by atoms with Crippen LogP contribution < -0.4 is 38.5 Å². The van der Waals surface area contributed by atoms with Crippen molar-refractivity contribution in [3.8, 4) is 23.0 Å². The summed E-state index contributed by atoms with van der Waals surface area (Å²) in [7, 11) is 6.56. The van der Waals surface area contributed by atoms with Crippen molar-refractivity contribution in [2.75, 3.05) is 172 Å². The lowest BCUT2D eigenvalue weighted by Gasteiger charge is -2.33. The smallest absolute Gasteiger partial charge is 0.410 e. The van der Waals surface area contributed by atoms with Gasteiger partial charge < -0.3 is 81.8 Å². The lowest BCUT2D eigenvalue weighted by Crippen LogP contribution is -2.42. The maximum Gasteiger partial charge on any atom is 0.410 e. The van der Waals surface area contributed by atoms with Crippen molar-refractivity contribution in [3.05, 3.63) is 217 Å². The number of piperidine rings is 4. The normalized spacial score (nSPS) is 20.1. The number of anilines is 4. The predicted octanol–water partition coefficient (Wildman–Crippen LogP) is 18.8. The summed E-state index contributed by atoms with van der Waals surface area (Å²) in [6.45, 7) is 27.4. The standard InChI is InChI=1S/C29H41N3O4.3C25H35N3O2/c1-29(2,3)36-28(33)32-14-7-10-25(32)22-35-27-18-26(19-30-20-27)31-15-11-23(12-16-31)13-17-34-21-24-8-5-4-6-9-24;3*1-27-12-5-8-23(27)20-30-25-16-24(17-26-18-25)28-13-9-21(10-14-28)11-15-29-19-22-6-3-2-4-7-22/h4-6,8-9,18-20,23,25H,7,10-17,21-22H2,1-3H3;3*2-4,6-7,16-18,21,23H,5,8-15,19-20H2,1H3/t25-;3*23-/m0000/s1. The number of hydrogen-bond acceptors (Lipinski definition) is 21. The molecule has 0 saturated carbocycles. The van der Waals surface area contributed by atoms with Crippen LogP contribution in [-0.4, -0.2) is 228 Å². The van der Waals surface area contributed by atoms with E-state index in [0.717, 1.165) is 216 Å². The van der Waals surface area contributed by atoms with Crippen LogP contribution in [0.4, 0.5) is 27.5 Å². The first-order valence-electron chi connectivity index (χ1n) is 47.6. The number of pyridine rings is 4. The largest absolute Gasteiger partial charge is 0.490 e. The van der Waals surface area contributed by atoms with E-state index in [-0.39, 0.29) is 12.1 Å². The monoisotopic (exact) mass is 1720 g/mol. The third kappa shape index (κ3) is 32.0. The molecular weight excluding hydrogens is 1580 g/mol. The Hall–Kier alpha value is -9.13. The minimum absolute atomic E-state index is 0.0309. The van der Waals surface area contributed by atoms with Gasteiger partial charge in [-0.05, 0) is 236 Å². The zero-order valence-corrected chi connectivity index (χ0v) is 76.7. The summed E-state index contributed by atoms with van der Waals surface area (Å²) in [5.74, 6) is 6.38. The first-order valence-corrected chi connectivity index (χ1v) is 47.6. The fraction of sp³-hybridized carbons (Fsp3) is 0.567. The third-order valence-electron chi connectivity index (χ3n) is 26.6. The average molecular weight is 1720 g/mol. The lowest BCUT2D eigenvalue weighted by molar-refractivity contribution is 0.0187. The topological polar surface area (TPSA) is 178 Å². The van der Waals surface area contributed by atoms with Gasteiger partial charge in [0, 0.05) is 128 Å². The fourth-order valence-electron chi connectivity index (χ4n) is 18.5. The molecule has 8 saturated heterocycles. The number of amides is 1. The second-order valence-corrected chi connectivity index (χ2v) is 37.1. The van der Waals surface area contributed by atoms with Crippen LogP contribution in [0.15, 0.2) is 195 Å². The first-order chi connectivity index (χ1) is 61.7. The Morgan fingerprint density at radius 3 is 0.810 bits per heavy atom. The SMILES string of the molecule is CC(C)(C)OC(=O)N1CCC[C@H]1COc1cncc(N2CCC(CCOCc3ccccc3)CC2)c1.CN1CCC[C@H]1COc1cncc(N2CCC(CCOCc3ccccc3)CC2)c1.CN1CCC[C@H]1COc1cncc(N2CCC(CCOCc3ccccc3)CC2)c1.CN1CCC[C@H]1COc1cncc(N2CCC(CCOCc3ccccc3)CC2)c1. The van der Waals surface area contributed by atoms with Gasteiger partial charge in [-0.1, -0.05) is 121 Å². The number of rotatable bonds is 36. The van der Waals surface area contributed by atoms with Gasteiger partial charge in [0.05, 0.1) is 105 Å². The number of aromatic nitrogens is 4. The molecule has 22 heteroatoms. The van der Waals surface area contributed by atoms with Crippen molar-refractivity contribution >= 4 is 28.8 Å². The molecule has 8 aliphatic heterocycles. The summed E-state index contributed by atoms with van der Waals surface area (Å²) in [6.07, 6.45) is 38.4. The minimum Gasteiger partial charge on any atom is -0.490 e. The number of nitrogens with zero attached hydrogens (tertiary/aromatic N) is 12.